The summed E-state index contributed by atoms with van der Waals surface area (Å²) in [7, 11) is 0. The lowest BCUT2D eigenvalue weighted by Crippen LogP contribution is -1.62. The molecule has 2 nitrogen and oxygen atoms in total. The fourth-order valence-corrected chi connectivity index (χ4v) is 0.395. The quantitative estimate of drug-likeness (QED) is 0.304. The molecule has 0 amide bonds. The van der Waals surface area contributed by atoms with Crippen LogP contribution in [0.4, 0.5) is 0 Å². The summed E-state index contributed by atoms with van der Waals surface area (Å²) in [5.41, 5.74) is 0. The van der Waals surface area contributed by atoms with Gasteiger partial charge in [-0.3, -0.25) is 0 Å². The van der Waals surface area contributed by atoms with Gasteiger partial charge in [-0.2, -0.15) is 4.76 Å². The second kappa shape index (κ2) is 2.37. The molecule has 0 aromatic heterocycles. The number of nitrogens with zero attached hydrogens (tertiary/aromatic N) is 1. The molecule has 0 unspecified atom stereocenters. The summed E-state index contributed by atoms with van der Waals surface area (Å²) in [5, 5.41) is 0. The average molecular weight is 135 g/mol. The molecule has 0 saturated carbocycles. The Hall–Kier alpha value is 0.0300. The first-order chi connectivity index (χ1) is 3.06. The summed E-state index contributed by atoms with van der Waals surface area (Å²) in [6, 6.07) is 0. The van der Waals surface area contributed by atoms with Crippen LogP contribution in [0.1, 0.15) is 0 Å². The molecule has 7 heavy (non-hydrogen) atoms. The zero-order valence-corrected chi connectivity index (χ0v) is 5.92. The summed E-state index contributed by atoms with van der Waals surface area (Å²) < 4.78 is 3.38. The smallest absolute Gasteiger partial charge is 0.211 e. The second-order valence-electron chi connectivity index (χ2n) is 1.49. The Morgan fingerprint density at radius 1 is 1.71 bits per heavy atom. The van der Waals surface area contributed by atoms with Crippen molar-refractivity contribution in [3.05, 3.63) is 0 Å². The van der Waals surface area contributed by atoms with Crippen LogP contribution in [-0.2, 0) is 16.6 Å². The topological polar surface area (TPSA) is 29.4 Å². The molecule has 0 aliphatic heterocycles. The second-order valence-corrected chi connectivity index (χ2v) is 6.95. The minimum atomic E-state index is -1.63. The van der Waals surface area contributed by atoms with Crippen LogP contribution in [0.5, 0.6) is 0 Å². The first kappa shape index (κ1) is 7.03. The Kier molecular flexibility index (Phi) is 2.38. The van der Waals surface area contributed by atoms with Crippen LogP contribution in [-0.4, -0.2) is 19.4 Å². The van der Waals surface area contributed by atoms with Gasteiger partial charge in [0, 0.05) is 0 Å². The molecule has 0 bridgehead atoms. The number of rotatable bonds is 1. The fraction of sp³-hybridized carbons (Fsp3) is 0.667. The Labute approximate surface area is 47.7 Å². The largest absolute Gasteiger partial charge is 0.239 e. The van der Waals surface area contributed by atoms with Crippen LogP contribution in [0, 0.1) is 0 Å². The molecule has 0 rings (SSSR count). The lowest BCUT2D eigenvalue weighted by atomic mass is 11.7. The van der Waals surface area contributed by atoms with Gasteiger partial charge in [0.25, 0.3) is 0 Å². The van der Waals surface area contributed by atoms with Crippen molar-refractivity contribution in [2.45, 2.75) is 0 Å². The van der Waals surface area contributed by atoms with Gasteiger partial charge in [0.2, 0.25) is 6.08 Å². The molecule has 0 atom stereocenters. The molecule has 0 aliphatic carbocycles. The maximum Gasteiger partial charge on any atom is 0.239 e. The van der Waals surface area contributed by atoms with Crippen LogP contribution < -0.4 is 0 Å². The Bertz CT molecular complexity index is 143. The normalized spacial score (nSPS) is 10.0. The third kappa shape index (κ3) is 6.03. The molecular weight excluding hydrogens is 129 g/mol. The molecule has 0 spiro atoms. The van der Waals surface area contributed by atoms with Gasteiger partial charge in [-0.15, -0.1) is 0 Å². The first-order valence-corrected chi connectivity index (χ1v) is 5.35. The van der Waals surface area contributed by atoms with E-state index in [0.717, 1.165) is 0 Å². The van der Waals surface area contributed by atoms with E-state index in [1.54, 1.807) is 13.3 Å². The fourth-order valence-electron chi connectivity index (χ4n) is 0.0983. The van der Waals surface area contributed by atoms with Crippen LogP contribution in [0.25, 0.3) is 0 Å². The summed E-state index contributed by atoms with van der Waals surface area (Å²) in [5.74, 6) is 0. The van der Waals surface area contributed by atoms with E-state index in [0.29, 0.717) is 0 Å². The molecule has 0 heterocycles. The van der Waals surface area contributed by atoms with Crippen molar-refractivity contribution in [1.82, 2.24) is 0 Å². The highest BCUT2D eigenvalue weighted by Crippen LogP contribution is 2.36. The first-order valence-electron chi connectivity index (χ1n) is 1.70. The SMILES string of the molecule is CP(C)(=S)N=C=O. The number of hydrogen-bond acceptors (Lipinski definition) is 2. The minimum Gasteiger partial charge on any atom is -0.211 e. The third-order valence-electron chi connectivity index (χ3n) is 0.282. The van der Waals surface area contributed by atoms with Gasteiger partial charge in [-0.05, 0) is 13.3 Å². The van der Waals surface area contributed by atoms with Crippen molar-refractivity contribution in [3.63, 3.8) is 0 Å². The maximum absolute atomic E-state index is 9.49. The predicted octanol–water partition coefficient (Wildman–Crippen LogP) is 0.976. The zero-order chi connectivity index (χ0) is 5.91. The molecule has 0 saturated heterocycles. The molecule has 4 heteroatoms. The van der Waals surface area contributed by atoms with Gasteiger partial charge in [0.15, 0.2) is 0 Å². The molecule has 0 fully saturated rings. The van der Waals surface area contributed by atoms with E-state index in [2.05, 4.69) is 4.76 Å². The Balaban J connectivity index is 4.10. The van der Waals surface area contributed by atoms with Gasteiger partial charge < -0.3 is 0 Å². The summed E-state index contributed by atoms with van der Waals surface area (Å²) in [6.07, 6.45) is -0.203. The van der Waals surface area contributed by atoms with Gasteiger partial charge >= 0.3 is 0 Å². The van der Waals surface area contributed by atoms with E-state index in [9.17, 15) is 4.79 Å². The van der Waals surface area contributed by atoms with Gasteiger partial charge in [0.1, 0.15) is 0 Å². The highest BCUT2D eigenvalue weighted by Gasteiger charge is 1.92. The molecular formula is C3H6NOPS. The lowest BCUT2D eigenvalue weighted by Gasteiger charge is -1.92. The van der Waals surface area contributed by atoms with Gasteiger partial charge in [0.05, 0.1) is 6.19 Å². The van der Waals surface area contributed by atoms with Crippen LogP contribution in [0.3, 0.4) is 0 Å². The molecule has 0 N–H and O–H groups in total. The minimum absolute atomic E-state index is 1.43. The summed E-state index contributed by atoms with van der Waals surface area (Å²) in [6.45, 7) is 3.54. The van der Waals surface area contributed by atoms with Crippen LogP contribution in [0.2, 0.25) is 0 Å². The van der Waals surface area contributed by atoms with Crippen molar-refractivity contribution < 1.29 is 4.79 Å². The van der Waals surface area contributed by atoms with Crippen molar-refractivity contribution in [2.24, 2.45) is 4.76 Å². The maximum atomic E-state index is 9.49. The van der Waals surface area contributed by atoms with E-state index >= 15 is 0 Å². The molecule has 0 radical (unpaired) electrons. The average Bonchev–Trinajstić information content (AvgIpc) is 1.30. The van der Waals surface area contributed by atoms with Crippen LogP contribution >= 0.6 is 6.19 Å². The van der Waals surface area contributed by atoms with Gasteiger partial charge in [-0.25, -0.2) is 4.79 Å². The third-order valence-corrected chi connectivity index (χ3v) is 1.09. The van der Waals surface area contributed by atoms with Crippen LogP contribution in [0.15, 0.2) is 4.76 Å². The van der Waals surface area contributed by atoms with E-state index in [4.69, 9.17) is 11.8 Å². The van der Waals surface area contributed by atoms with Crippen molar-refractivity contribution in [1.29, 1.82) is 0 Å². The molecule has 0 aromatic rings. The van der Waals surface area contributed by atoms with Crippen molar-refractivity contribution in [2.75, 3.05) is 13.3 Å². The van der Waals surface area contributed by atoms with E-state index < -0.39 is 6.19 Å². The monoisotopic (exact) mass is 135 g/mol. The molecule has 0 aromatic carbocycles. The zero-order valence-electron chi connectivity index (χ0n) is 4.21. The number of carbonyl (C=O) groups excluding carboxylic acids is 1. The summed E-state index contributed by atoms with van der Waals surface area (Å²) in [4.78, 5) is 9.49. The van der Waals surface area contributed by atoms with Crippen molar-refractivity contribution >= 4 is 24.1 Å². The lowest BCUT2D eigenvalue weighted by molar-refractivity contribution is 0.566. The standard InChI is InChI=1S/C3H6NOPS/c1-6(2,7)4-3-5/h1-2H3. The molecule has 40 valence electrons. The van der Waals surface area contributed by atoms with E-state index in [-0.39, 0.29) is 0 Å². The Morgan fingerprint density at radius 3 is 2.14 bits per heavy atom. The van der Waals surface area contributed by atoms with Crippen molar-refractivity contribution in [3.8, 4) is 0 Å². The highest BCUT2D eigenvalue weighted by molar-refractivity contribution is 8.13. The Morgan fingerprint density at radius 2 is 2.14 bits per heavy atom. The van der Waals surface area contributed by atoms with Gasteiger partial charge in [-0.1, -0.05) is 11.8 Å². The molecule has 0 aliphatic rings. The number of hydrogen-bond donors (Lipinski definition) is 0. The summed E-state index contributed by atoms with van der Waals surface area (Å²) >= 11 is 4.77. The van der Waals surface area contributed by atoms with E-state index in [1.165, 1.54) is 6.08 Å². The van der Waals surface area contributed by atoms with E-state index in [1.807, 2.05) is 0 Å². The predicted molar refractivity (Wildman–Crippen MR) is 34.3 cm³/mol. The highest BCUT2D eigenvalue weighted by atomic mass is 32.4. The number of isocyanates is 1.